The SMILES string of the molecule is COc1ccc([S@@](=N)(=O)c2ccc3c(=O)n(Cc4ccc(OC)nc4)ncc3c2)cc1. The van der Waals surface area contributed by atoms with Crippen molar-refractivity contribution in [3.05, 3.63) is 82.9 Å². The summed E-state index contributed by atoms with van der Waals surface area (Å²) >= 11 is 0. The minimum absolute atomic E-state index is 0.258. The number of nitrogens with zero attached hydrogens (tertiary/aromatic N) is 3. The second-order valence-electron chi connectivity index (χ2n) is 6.80. The van der Waals surface area contributed by atoms with Gasteiger partial charge in [-0.1, -0.05) is 6.07 Å². The molecule has 2 aromatic heterocycles. The standard InChI is InChI=1S/C22H20N4O4S/c1-29-17-4-6-18(7-5-17)31(23,28)19-8-9-20-16(11-19)13-25-26(22(20)27)14-15-3-10-21(30-2)24-12-15/h3-13,23H,14H2,1-2H3/t31-/m1/s1. The average Bonchev–Trinajstić information content (AvgIpc) is 2.81. The molecule has 0 bridgehead atoms. The van der Waals surface area contributed by atoms with Crippen LogP contribution in [0.5, 0.6) is 11.6 Å². The van der Waals surface area contributed by atoms with E-state index < -0.39 is 9.73 Å². The molecule has 158 valence electrons. The summed E-state index contributed by atoms with van der Waals surface area (Å²) in [5.41, 5.74) is 0.529. The molecule has 0 saturated heterocycles. The number of fused-ring (bicyclic) bond motifs is 1. The van der Waals surface area contributed by atoms with E-state index >= 15 is 0 Å². The maximum Gasteiger partial charge on any atom is 0.274 e. The molecule has 0 aliphatic rings. The number of methoxy groups -OCH3 is 2. The van der Waals surface area contributed by atoms with Crippen LogP contribution < -0.4 is 15.0 Å². The molecule has 1 N–H and O–H groups in total. The van der Waals surface area contributed by atoms with Crippen molar-refractivity contribution in [1.82, 2.24) is 14.8 Å². The Hall–Kier alpha value is -3.72. The predicted octanol–water partition coefficient (Wildman–Crippen LogP) is 3.32. The third kappa shape index (κ3) is 3.99. The fourth-order valence-electron chi connectivity index (χ4n) is 3.16. The Morgan fingerprint density at radius 1 is 0.968 bits per heavy atom. The first-order chi connectivity index (χ1) is 14.9. The molecule has 0 aliphatic carbocycles. The number of nitrogens with one attached hydrogen (secondary N) is 1. The highest BCUT2D eigenvalue weighted by Crippen LogP contribution is 2.25. The van der Waals surface area contributed by atoms with Gasteiger partial charge in [-0.25, -0.2) is 18.7 Å². The van der Waals surface area contributed by atoms with Crippen LogP contribution in [0.1, 0.15) is 5.56 Å². The Labute approximate surface area is 179 Å². The Bertz CT molecular complexity index is 1400. The first-order valence-corrected chi connectivity index (χ1v) is 10.9. The van der Waals surface area contributed by atoms with Gasteiger partial charge in [0.25, 0.3) is 5.56 Å². The van der Waals surface area contributed by atoms with Crippen LogP contribution in [0.3, 0.4) is 0 Å². The van der Waals surface area contributed by atoms with Gasteiger partial charge in [-0.05, 0) is 48.0 Å². The Balaban J connectivity index is 1.68. The summed E-state index contributed by atoms with van der Waals surface area (Å²) < 4.78 is 33.1. The lowest BCUT2D eigenvalue weighted by atomic mass is 10.2. The molecule has 2 heterocycles. The van der Waals surface area contributed by atoms with E-state index in [-0.39, 0.29) is 12.1 Å². The molecule has 0 saturated carbocycles. The van der Waals surface area contributed by atoms with Crippen molar-refractivity contribution in [3.63, 3.8) is 0 Å². The highest BCUT2D eigenvalue weighted by atomic mass is 32.2. The van der Waals surface area contributed by atoms with Crippen molar-refractivity contribution in [1.29, 1.82) is 4.78 Å². The minimum Gasteiger partial charge on any atom is -0.497 e. The van der Waals surface area contributed by atoms with Crippen LogP contribution in [0.2, 0.25) is 0 Å². The zero-order valence-electron chi connectivity index (χ0n) is 16.9. The zero-order valence-corrected chi connectivity index (χ0v) is 17.8. The van der Waals surface area contributed by atoms with E-state index in [4.69, 9.17) is 14.3 Å². The van der Waals surface area contributed by atoms with Gasteiger partial charge < -0.3 is 9.47 Å². The Morgan fingerprint density at radius 2 is 1.71 bits per heavy atom. The van der Waals surface area contributed by atoms with Crippen molar-refractivity contribution < 1.29 is 13.7 Å². The van der Waals surface area contributed by atoms with Gasteiger partial charge in [-0.2, -0.15) is 5.10 Å². The first-order valence-electron chi connectivity index (χ1n) is 9.34. The van der Waals surface area contributed by atoms with Crippen LogP contribution in [0.15, 0.2) is 81.6 Å². The van der Waals surface area contributed by atoms with Gasteiger partial charge in [-0.15, -0.1) is 0 Å². The monoisotopic (exact) mass is 436 g/mol. The van der Waals surface area contributed by atoms with E-state index in [1.807, 2.05) is 6.07 Å². The van der Waals surface area contributed by atoms with Crippen LogP contribution >= 0.6 is 0 Å². The molecule has 4 rings (SSSR count). The maximum atomic E-state index is 13.2. The molecule has 0 unspecified atom stereocenters. The van der Waals surface area contributed by atoms with Crippen LogP contribution in [-0.4, -0.2) is 33.2 Å². The molecule has 0 aliphatic heterocycles. The van der Waals surface area contributed by atoms with Crippen LogP contribution in [0.4, 0.5) is 0 Å². The molecule has 2 aromatic carbocycles. The number of pyridine rings is 1. The number of hydrogen-bond donors (Lipinski definition) is 1. The van der Waals surface area contributed by atoms with E-state index in [1.54, 1.807) is 68.0 Å². The normalized spacial score (nSPS) is 13.0. The molecule has 0 radical (unpaired) electrons. The molecule has 4 aromatic rings. The van der Waals surface area contributed by atoms with Crippen molar-refractivity contribution in [3.8, 4) is 11.6 Å². The van der Waals surface area contributed by atoms with E-state index in [9.17, 15) is 9.00 Å². The van der Waals surface area contributed by atoms with Crippen molar-refractivity contribution in [2.75, 3.05) is 14.2 Å². The molecule has 31 heavy (non-hydrogen) atoms. The molecule has 0 fully saturated rings. The predicted molar refractivity (Wildman–Crippen MR) is 116 cm³/mol. The van der Waals surface area contributed by atoms with E-state index in [0.717, 1.165) is 5.56 Å². The summed E-state index contributed by atoms with van der Waals surface area (Å²) in [6.07, 6.45) is 3.17. The molecular formula is C22H20N4O4S. The summed E-state index contributed by atoms with van der Waals surface area (Å²) in [5.74, 6) is 1.11. The minimum atomic E-state index is -3.25. The topological polar surface area (TPSA) is 107 Å². The largest absolute Gasteiger partial charge is 0.497 e. The smallest absolute Gasteiger partial charge is 0.274 e. The molecule has 1 atom stereocenters. The van der Waals surface area contributed by atoms with Crippen molar-refractivity contribution in [2.24, 2.45) is 0 Å². The van der Waals surface area contributed by atoms with Gasteiger partial charge >= 0.3 is 0 Å². The second-order valence-corrected chi connectivity index (χ2v) is 8.85. The van der Waals surface area contributed by atoms with E-state index in [2.05, 4.69) is 10.1 Å². The molecule has 9 heteroatoms. The Kier molecular flexibility index (Phi) is 5.43. The lowest BCUT2D eigenvalue weighted by molar-refractivity contribution is 0.397. The van der Waals surface area contributed by atoms with Crippen LogP contribution in [0.25, 0.3) is 10.8 Å². The second kappa shape index (κ2) is 8.19. The molecule has 0 amide bonds. The lowest BCUT2D eigenvalue weighted by Crippen LogP contribution is -2.23. The van der Waals surface area contributed by atoms with Crippen LogP contribution in [-0.2, 0) is 16.3 Å². The van der Waals surface area contributed by atoms with Crippen LogP contribution in [0, 0.1) is 4.78 Å². The van der Waals surface area contributed by atoms with Crippen molar-refractivity contribution >= 4 is 20.5 Å². The van der Waals surface area contributed by atoms with Gasteiger partial charge in [0.2, 0.25) is 5.88 Å². The zero-order chi connectivity index (χ0) is 22.0. The number of hydrogen-bond acceptors (Lipinski definition) is 7. The first kappa shape index (κ1) is 20.5. The summed E-state index contributed by atoms with van der Waals surface area (Å²) in [6, 6.07) is 14.8. The molecule has 0 spiro atoms. The fourth-order valence-corrected chi connectivity index (χ4v) is 4.50. The summed E-state index contributed by atoms with van der Waals surface area (Å²) in [7, 11) is -0.166. The van der Waals surface area contributed by atoms with Gasteiger partial charge in [0.15, 0.2) is 0 Å². The number of rotatable bonds is 6. The summed E-state index contributed by atoms with van der Waals surface area (Å²) in [5, 5.41) is 5.20. The van der Waals surface area contributed by atoms with Gasteiger partial charge in [0, 0.05) is 17.6 Å². The van der Waals surface area contributed by atoms with E-state index in [0.29, 0.717) is 32.2 Å². The van der Waals surface area contributed by atoms with E-state index in [1.165, 1.54) is 11.8 Å². The quantitative estimate of drug-likeness (QED) is 0.497. The van der Waals surface area contributed by atoms with Gasteiger partial charge in [-0.3, -0.25) is 4.79 Å². The molecular weight excluding hydrogens is 416 g/mol. The van der Waals surface area contributed by atoms with Gasteiger partial charge in [0.1, 0.15) is 15.5 Å². The third-order valence-electron chi connectivity index (χ3n) is 4.89. The number of aromatic nitrogens is 3. The summed E-state index contributed by atoms with van der Waals surface area (Å²) in [4.78, 5) is 17.7. The number of ether oxygens (including phenoxy) is 2. The lowest BCUT2D eigenvalue weighted by Gasteiger charge is -2.11. The molecule has 8 nitrogen and oxygen atoms in total. The maximum absolute atomic E-state index is 13.2. The highest BCUT2D eigenvalue weighted by Gasteiger charge is 2.15. The number of benzene rings is 2. The Morgan fingerprint density at radius 3 is 2.35 bits per heavy atom. The average molecular weight is 436 g/mol. The van der Waals surface area contributed by atoms with Crippen molar-refractivity contribution in [2.45, 2.75) is 16.3 Å². The van der Waals surface area contributed by atoms with Gasteiger partial charge in [0.05, 0.1) is 42.1 Å². The highest BCUT2D eigenvalue weighted by molar-refractivity contribution is 7.92. The summed E-state index contributed by atoms with van der Waals surface area (Å²) in [6.45, 7) is 0.258. The third-order valence-corrected chi connectivity index (χ3v) is 6.74. The fraction of sp³-hybridized carbons (Fsp3) is 0.136.